The molecule has 1 aliphatic rings. The Kier molecular flexibility index (Phi) is 5.41. The third-order valence-electron chi connectivity index (χ3n) is 3.68. The van der Waals surface area contributed by atoms with Gasteiger partial charge in [-0.1, -0.05) is 26.7 Å². The molecule has 1 fully saturated rings. The lowest BCUT2D eigenvalue weighted by Gasteiger charge is -2.34. The smallest absolute Gasteiger partial charge is 0.239 e. The first-order chi connectivity index (χ1) is 8.04. The van der Waals surface area contributed by atoms with E-state index in [9.17, 15) is 9.59 Å². The van der Waals surface area contributed by atoms with Crippen LogP contribution in [-0.2, 0) is 9.59 Å². The molecule has 0 heterocycles. The van der Waals surface area contributed by atoms with Gasteiger partial charge in [0.25, 0.3) is 0 Å². The lowest BCUT2D eigenvalue weighted by Crippen LogP contribution is -2.47. The Labute approximate surface area is 103 Å². The minimum Gasteiger partial charge on any atom is -0.352 e. The van der Waals surface area contributed by atoms with Gasteiger partial charge < -0.3 is 16.4 Å². The van der Waals surface area contributed by atoms with E-state index >= 15 is 0 Å². The van der Waals surface area contributed by atoms with Gasteiger partial charge in [-0.2, -0.15) is 0 Å². The molecule has 1 saturated carbocycles. The largest absolute Gasteiger partial charge is 0.352 e. The van der Waals surface area contributed by atoms with Crippen LogP contribution < -0.4 is 16.4 Å². The summed E-state index contributed by atoms with van der Waals surface area (Å²) in [5, 5.41) is 5.46. The lowest BCUT2D eigenvalue weighted by molar-refractivity contribution is -0.126. The maximum atomic E-state index is 11.6. The van der Waals surface area contributed by atoms with E-state index in [4.69, 9.17) is 5.73 Å². The molecule has 2 amide bonds. The molecule has 5 nitrogen and oxygen atoms in total. The molecule has 1 aliphatic carbocycles. The Bertz CT molecular complexity index is 281. The summed E-state index contributed by atoms with van der Waals surface area (Å²) in [6, 6.07) is 0.237. The van der Waals surface area contributed by atoms with Gasteiger partial charge in [-0.05, 0) is 18.3 Å². The van der Waals surface area contributed by atoms with Crippen LogP contribution in [0.5, 0.6) is 0 Å². The molecule has 0 bridgehead atoms. The predicted molar refractivity (Wildman–Crippen MR) is 66.2 cm³/mol. The van der Waals surface area contributed by atoms with E-state index in [0.29, 0.717) is 11.8 Å². The van der Waals surface area contributed by atoms with Gasteiger partial charge in [0.05, 0.1) is 13.1 Å². The molecular weight excluding hydrogens is 218 g/mol. The second-order valence-electron chi connectivity index (χ2n) is 4.92. The Morgan fingerprint density at radius 2 is 1.94 bits per heavy atom. The number of nitrogens with one attached hydrogen (secondary N) is 2. The second-order valence-corrected chi connectivity index (χ2v) is 4.92. The highest BCUT2D eigenvalue weighted by atomic mass is 16.2. The van der Waals surface area contributed by atoms with E-state index in [1.165, 1.54) is 6.42 Å². The number of hydrogen-bond donors (Lipinski definition) is 3. The maximum Gasteiger partial charge on any atom is 0.239 e. The molecule has 0 aliphatic heterocycles. The topological polar surface area (TPSA) is 84.2 Å². The first kappa shape index (κ1) is 14.0. The van der Waals surface area contributed by atoms with E-state index < -0.39 is 0 Å². The van der Waals surface area contributed by atoms with Crippen molar-refractivity contribution in [3.05, 3.63) is 0 Å². The molecule has 3 atom stereocenters. The standard InChI is InChI=1S/C12H23N3O2/c1-8-4-3-5-10(9(8)2)15-12(17)7-14-11(16)6-13/h8-10H,3-7,13H2,1-2H3,(H,14,16)(H,15,17). The summed E-state index contributed by atoms with van der Waals surface area (Å²) in [6.07, 6.45) is 3.42. The second kappa shape index (κ2) is 6.59. The molecule has 17 heavy (non-hydrogen) atoms. The summed E-state index contributed by atoms with van der Waals surface area (Å²) in [5.41, 5.74) is 5.14. The molecule has 0 aromatic carbocycles. The van der Waals surface area contributed by atoms with Crippen LogP contribution in [0, 0.1) is 11.8 Å². The fourth-order valence-electron chi connectivity index (χ4n) is 2.29. The Balaban J connectivity index is 2.32. The summed E-state index contributed by atoms with van der Waals surface area (Å²) in [6.45, 7) is 4.34. The normalized spacial score (nSPS) is 28.5. The molecule has 0 aromatic rings. The monoisotopic (exact) mass is 241 g/mol. The zero-order valence-corrected chi connectivity index (χ0v) is 10.7. The van der Waals surface area contributed by atoms with Crippen molar-refractivity contribution in [3.63, 3.8) is 0 Å². The van der Waals surface area contributed by atoms with Crippen molar-refractivity contribution < 1.29 is 9.59 Å². The first-order valence-electron chi connectivity index (χ1n) is 6.30. The molecule has 4 N–H and O–H groups in total. The van der Waals surface area contributed by atoms with Gasteiger partial charge in [-0.25, -0.2) is 0 Å². The molecule has 3 unspecified atom stereocenters. The maximum absolute atomic E-state index is 11.6. The number of carbonyl (C=O) groups excluding carboxylic acids is 2. The molecule has 0 radical (unpaired) electrons. The summed E-state index contributed by atoms with van der Waals surface area (Å²) in [5.74, 6) is 0.716. The van der Waals surface area contributed by atoms with Crippen LogP contribution in [0.1, 0.15) is 33.1 Å². The Morgan fingerprint density at radius 3 is 2.59 bits per heavy atom. The van der Waals surface area contributed by atoms with Crippen molar-refractivity contribution in [2.24, 2.45) is 17.6 Å². The van der Waals surface area contributed by atoms with Gasteiger partial charge in [-0.15, -0.1) is 0 Å². The van der Waals surface area contributed by atoms with Crippen molar-refractivity contribution in [2.45, 2.75) is 39.2 Å². The van der Waals surface area contributed by atoms with E-state index in [1.807, 2.05) is 0 Å². The Morgan fingerprint density at radius 1 is 1.24 bits per heavy atom. The van der Waals surface area contributed by atoms with Crippen molar-refractivity contribution in [3.8, 4) is 0 Å². The average Bonchev–Trinajstić information content (AvgIpc) is 2.32. The van der Waals surface area contributed by atoms with Crippen LogP contribution in [0.25, 0.3) is 0 Å². The van der Waals surface area contributed by atoms with Gasteiger partial charge in [0.15, 0.2) is 0 Å². The van der Waals surface area contributed by atoms with Crippen LogP contribution in [0.3, 0.4) is 0 Å². The minimum absolute atomic E-state index is 0.0215. The molecule has 0 aromatic heterocycles. The van der Waals surface area contributed by atoms with Crippen molar-refractivity contribution in [1.29, 1.82) is 0 Å². The molecular formula is C12H23N3O2. The number of nitrogens with two attached hydrogens (primary N) is 1. The molecule has 1 rings (SSSR count). The molecule has 0 spiro atoms. The van der Waals surface area contributed by atoms with Crippen molar-refractivity contribution in [1.82, 2.24) is 10.6 Å². The third kappa shape index (κ3) is 4.34. The SMILES string of the molecule is CC1CCCC(NC(=O)CNC(=O)CN)C1C. The van der Waals surface area contributed by atoms with Crippen molar-refractivity contribution in [2.75, 3.05) is 13.1 Å². The predicted octanol–water partition coefficient (Wildman–Crippen LogP) is 0.00220. The van der Waals surface area contributed by atoms with E-state index in [2.05, 4.69) is 24.5 Å². The van der Waals surface area contributed by atoms with E-state index in [0.717, 1.165) is 12.8 Å². The fourth-order valence-corrected chi connectivity index (χ4v) is 2.29. The van der Waals surface area contributed by atoms with Gasteiger partial charge in [0.1, 0.15) is 0 Å². The summed E-state index contributed by atoms with van der Waals surface area (Å²) in [7, 11) is 0. The van der Waals surface area contributed by atoms with Gasteiger partial charge >= 0.3 is 0 Å². The highest BCUT2D eigenvalue weighted by molar-refractivity contribution is 5.85. The zero-order valence-electron chi connectivity index (χ0n) is 10.7. The van der Waals surface area contributed by atoms with Gasteiger partial charge in [-0.3, -0.25) is 9.59 Å². The molecule has 98 valence electrons. The quantitative estimate of drug-likeness (QED) is 0.648. The fraction of sp³-hybridized carbons (Fsp3) is 0.833. The van der Waals surface area contributed by atoms with E-state index in [1.54, 1.807) is 0 Å². The zero-order chi connectivity index (χ0) is 12.8. The number of hydrogen-bond acceptors (Lipinski definition) is 3. The van der Waals surface area contributed by atoms with E-state index in [-0.39, 0.29) is 30.9 Å². The number of amides is 2. The van der Waals surface area contributed by atoms with Crippen LogP contribution in [0.2, 0.25) is 0 Å². The van der Waals surface area contributed by atoms with Crippen LogP contribution >= 0.6 is 0 Å². The van der Waals surface area contributed by atoms with Crippen molar-refractivity contribution >= 4 is 11.8 Å². The summed E-state index contributed by atoms with van der Waals surface area (Å²) >= 11 is 0. The van der Waals surface area contributed by atoms with Gasteiger partial charge in [0, 0.05) is 6.04 Å². The average molecular weight is 241 g/mol. The molecule has 0 saturated heterocycles. The minimum atomic E-state index is -0.301. The highest BCUT2D eigenvalue weighted by Crippen LogP contribution is 2.29. The summed E-state index contributed by atoms with van der Waals surface area (Å²) < 4.78 is 0. The highest BCUT2D eigenvalue weighted by Gasteiger charge is 2.27. The first-order valence-corrected chi connectivity index (χ1v) is 6.30. The Hall–Kier alpha value is -1.10. The lowest BCUT2D eigenvalue weighted by atomic mass is 9.78. The molecule has 5 heteroatoms. The van der Waals surface area contributed by atoms with Gasteiger partial charge in [0.2, 0.25) is 11.8 Å². The van der Waals surface area contributed by atoms with Crippen LogP contribution in [0.4, 0.5) is 0 Å². The van der Waals surface area contributed by atoms with Crippen LogP contribution in [0.15, 0.2) is 0 Å². The van der Waals surface area contributed by atoms with Crippen LogP contribution in [-0.4, -0.2) is 30.9 Å². The number of rotatable bonds is 4. The number of carbonyl (C=O) groups is 2. The summed E-state index contributed by atoms with van der Waals surface area (Å²) in [4.78, 5) is 22.5. The third-order valence-corrected chi connectivity index (χ3v) is 3.68.